The first-order valence-corrected chi connectivity index (χ1v) is 9.79. The van der Waals surface area contributed by atoms with Crippen LogP contribution in [-0.4, -0.2) is 14.5 Å². The first kappa shape index (κ1) is 15.4. The molecule has 0 bridgehead atoms. The summed E-state index contributed by atoms with van der Waals surface area (Å²) in [6, 6.07) is 11.5. The molecule has 3 rings (SSSR count). The molecule has 4 nitrogen and oxygen atoms in total. The minimum atomic E-state index is -3.48. The van der Waals surface area contributed by atoms with E-state index in [1.165, 1.54) is 37.0 Å². The van der Waals surface area contributed by atoms with Crippen LogP contribution < -0.4 is 10.0 Å². The maximum absolute atomic E-state index is 12.3. The lowest BCUT2D eigenvalue weighted by molar-refractivity contribution is 0.603. The maximum atomic E-state index is 12.3. The maximum Gasteiger partial charge on any atom is 0.271 e. The average molecular weight is 336 g/mol. The molecule has 1 saturated carbocycles. The Hall–Kier alpha value is -1.53. The largest absolute Gasteiger partial charge is 0.382 e. The number of sulfonamides is 1. The Morgan fingerprint density at radius 1 is 1.00 bits per heavy atom. The zero-order valence-electron chi connectivity index (χ0n) is 12.5. The summed E-state index contributed by atoms with van der Waals surface area (Å²) in [4.78, 5) is 0.983. The summed E-state index contributed by atoms with van der Waals surface area (Å²) in [5.74, 6) is 0. The van der Waals surface area contributed by atoms with Crippen LogP contribution in [0, 0.1) is 6.92 Å². The Morgan fingerprint density at radius 3 is 2.23 bits per heavy atom. The summed E-state index contributed by atoms with van der Waals surface area (Å²) < 4.78 is 27.5. The number of thiophene rings is 1. The zero-order chi connectivity index (χ0) is 15.6. The Kier molecular flexibility index (Phi) is 4.40. The molecule has 1 aromatic carbocycles. The van der Waals surface area contributed by atoms with E-state index in [0.29, 0.717) is 15.9 Å². The van der Waals surface area contributed by atoms with Gasteiger partial charge in [0.05, 0.1) is 0 Å². The van der Waals surface area contributed by atoms with Crippen molar-refractivity contribution in [2.45, 2.75) is 42.9 Å². The fourth-order valence-electron chi connectivity index (χ4n) is 2.70. The number of rotatable bonds is 5. The molecule has 0 spiro atoms. The quantitative estimate of drug-likeness (QED) is 0.860. The Morgan fingerprint density at radius 2 is 1.64 bits per heavy atom. The zero-order valence-corrected chi connectivity index (χ0v) is 14.1. The van der Waals surface area contributed by atoms with Gasteiger partial charge in [0.1, 0.15) is 4.21 Å². The van der Waals surface area contributed by atoms with Gasteiger partial charge in [-0.15, -0.1) is 11.3 Å². The molecule has 2 aromatic rings. The molecule has 0 aliphatic heterocycles. The normalized spacial score (nSPS) is 15.9. The second-order valence-electron chi connectivity index (χ2n) is 5.67. The van der Waals surface area contributed by atoms with Crippen LogP contribution in [0.2, 0.25) is 0 Å². The molecule has 0 atom stereocenters. The molecule has 0 amide bonds. The molecular weight excluding hydrogens is 316 g/mol. The van der Waals surface area contributed by atoms with Gasteiger partial charge in [0.15, 0.2) is 0 Å². The molecule has 0 saturated heterocycles. The molecule has 6 heteroatoms. The van der Waals surface area contributed by atoms with E-state index in [4.69, 9.17) is 0 Å². The average Bonchev–Trinajstić information content (AvgIpc) is 3.12. The molecule has 2 N–H and O–H groups in total. The number of hydrogen-bond acceptors (Lipinski definition) is 4. The molecule has 118 valence electrons. The molecule has 1 aliphatic rings. The standard InChI is InChI=1S/C16H20N2O2S2/c1-12-6-11-16(21-12)22(19,20)18-15-9-7-14(8-10-15)17-13-4-2-3-5-13/h6-11,13,17-18H,2-5H2,1H3. The summed E-state index contributed by atoms with van der Waals surface area (Å²) in [5, 5.41) is 3.49. The lowest BCUT2D eigenvalue weighted by Gasteiger charge is -2.14. The molecule has 1 aromatic heterocycles. The van der Waals surface area contributed by atoms with Crippen molar-refractivity contribution in [3.05, 3.63) is 41.3 Å². The van der Waals surface area contributed by atoms with Gasteiger partial charge in [-0.25, -0.2) is 8.42 Å². The fraction of sp³-hybridized carbons (Fsp3) is 0.375. The van der Waals surface area contributed by atoms with Crippen LogP contribution in [0.1, 0.15) is 30.6 Å². The molecule has 0 unspecified atom stereocenters. The lowest BCUT2D eigenvalue weighted by atomic mass is 10.2. The number of aryl methyl sites for hydroxylation is 1. The predicted molar refractivity (Wildman–Crippen MR) is 92.2 cm³/mol. The smallest absolute Gasteiger partial charge is 0.271 e. The lowest BCUT2D eigenvalue weighted by Crippen LogP contribution is -2.14. The topological polar surface area (TPSA) is 58.2 Å². The van der Waals surface area contributed by atoms with Crippen LogP contribution in [0.15, 0.2) is 40.6 Å². The van der Waals surface area contributed by atoms with Crippen LogP contribution in [0.4, 0.5) is 11.4 Å². The summed E-state index contributed by atoms with van der Waals surface area (Å²) in [5.41, 5.74) is 1.63. The number of hydrogen-bond donors (Lipinski definition) is 2. The fourth-order valence-corrected chi connectivity index (χ4v) is 5.04. The molecule has 1 fully saturated rings. The monoisotopic (exact) mass is 336 g/mol. The van der Waals surface area contributed by atoms with Crippen molar-refractivity contribution in [3.8, 4) is 0 Å². The minimum absolute atomic E-state index is 0.346. The van der Waals surface area contributed by atoms with E-state index in [-0.39, 0.29) is 0 Å². The van der Waals surface area contributed by atoms with Crippen LogP contribution >= 0.6 is 11.3 Å². The van der Waals surface area contributed by atoms with Gasteiger partial charge in [-0.3, -0.25) is 4.72 Å². The second-order valence-corrected chi connectivity index (χ2v) is 8.87. The van der Waals surface area contributed by atoms with E-state index < -0.39 is 10.0 Å². The summed E-state index contributed by atoms with van der Waals surface area (Å²) >= 11 is 1.28. The Balaban J connectivity index is 1.67. The van der Waals surface area contributed by atoms with E-state index in [9.17, 15) is 8.42 Å². The van der Waals surface area contributed by atoms with Crippen molar-refractivity contribution in [1.29, 1.82) is 0 Å². The molecule has 22 heavy (non-hydrogen) atoms. The van der Waals surface area contributed by atoms with Gasteiger partial charge < -0.3 is 5.32 Å². The van der Waals surface area contributed by atoms with Gasteiger partial charge in [0.25, 0.3) is 10.0 Å². The first-order valence-electron chi connectivity index (χ1n) is 7.49. The Labute approximate surface area is 135 Å². The van der Waals surface area contributed by atoms with Crippen LogP contribution in [0.5, 0.6) is 0 Å². The van der Waals surface area contributed by atoms with Gasteiger partial charge in [0.2, 0.25) is 0 Å². The third-order valence-corrected chi connectivity index (χ3v) is 6.72. The van der Waals surface area contributed by atoms with Gasteiger partial charge in [-0.2, -0.15) is 0 Å². The molecule has 0 radical (unpaired) electrons. The third-order valence-electron chi connectivity index (χ3n) is 3.84. The van der Waals surface area contributed by atoms with E-state index >= 15 is 0 Å². The van der Waals surface area contributed by atoms with Crippen LogP contribution in [-0.2, 0) is 10.0 Å². The molecule has 1 heterocycles. The molecule has 1 aliphatic carbocycles. The molecular formula is C16H20N2O2S2. The van der Waals surface area contributed by atoms with E-state index in [1.807, 2.05) is 25.1 Å². The van der Waals surface area contributed by atoms with Gasteiger partial charge >= 0.3 is 0 Å². The highest BCUT2D eigenvalue weighted by atomic mass is 32.2. The van der Waals surface area contributed by atoms with E-state index in [1.54, 1.807) is 18.2 Å². The second kappa shape index (κ2) is 6.30. The highest BCUT2D eigenvalue weighted by Crippen LogP contribution is 2.25. The van der Waals surface area contributed by atoms with Crippen molar-refractivity contribution < 1.29 is 8.42 Å². The van der Waals surface area contributed by atoms with Crippen molar-refractivity contribution in [2.75, 3.05) is 10.0 Å². The van der Waals surface area contributed by atoms with Crippen molar-refractivity contribution >= 4 is 32.7 Å². The predicted octanol–water partition coefficient (Wildman–Crippen LogP) is 4.21. The van der Waals surface area contributed by atoms with Crippen LogP contribution in [0.3, 0.4) is 0 Å². The number of nitrogens with one attached hydrogen (secondary N) is 2. The van der Waals surface area contributed by atoms with Crippen molar-refractivity contribution in [3.63, 3.8) is 0 Å². The van der Waals surface area contributed by atoms with Crippen molar-refractivity contribution in [1.82, 2.24) is 0 Å². The van der Waals surface area contributed by atoms with E-state index in [2.05, 4.69) is 10.0 Å². The highest BCUT2D eigenvalue weighted by Gasteiger charge is 2.17. The SMILES string of the molecule is Cc1ccc(S(=O)(=O)Nc2ccc(NC3CCCC3)cc2)s1. The summed E-state index contributed by atoms with van der Waals surface area (Å²) in [6.45, 7) is 1.90. The van der Waals surface area contributed by atoms with Crippen LogP contribution in [0.25, 0.3) is 0 Å². The van der Waals surface area contributed by atoms with Crippen molar-refractivity contribution in [2.24, 2.45) is 0 Å². The Bertz CT molecular complexity index is 730. The van der Waals surface area contributed by atoms with Gasteiger partial charge in [0, 0.05) is 22.3 Å². The third kappa shape index (κ3) is 3.62. The highest BCUT2D eigenvalue weighted by molar-refractivity contribution is 7.94. The first-order chi connectivity index (χ1) is 10.5. The summed E-state index contributed by atoms with van der Waals surface area (Å²) in [6.07, 6.45) is 5.00. The van der Waals surface area contributed by atoms with Gasteiger partial charge in [-0.05, 0) is 56.2 Å². The summed E-state index contributed by atoms with van der Waals surface area (Å²) in [7, 11) is -3.48. The minimum Gasteiger partial charge on any atom is -0.382 e. The van der Waals surface area contributed by atoms with Gasteiger partial charge in [-0.1, -0.05) is 12.8 Å². The number of anilines is 2. The number of benzene rings is 1. The van der Waals surface area contributed by atoms with E-state index in [0.717, 1.165) is 10.6 Å².